The first-order chi connectivity index (χ1) is 13.8. The van der Waals surface area contributed by atoms with Crippen LogP contribution in [0.3, 0.4) is 0 Å². The van der Waals surface area contributed by atoms with Crippen molar-refractivity contribution in [3.05, 3.63) is 72.1 Å². The van der Waals surface area contributed by atoms with Gasteiger partial charge in [-0.25, -0.2) is 9.97 Å². The third kappa shape index (κ3) is 4.67. The SMILES string of the molecule is O=C(COCc1nc2ccccc2s1)Nc1cccc(Oc2cnccn2)c1. The van der Waals surface area contributed by atoms with Crippen LogP contribution in [0.25, 0.3) is 10.2 Å². The number of aromatic nitrogens is 3. The number of para-hydroxylation sites is 1. The van der Waals surface area contributed by atoms with E-state index in [2.05, 4.69) is 20.3 Å². The monoisotopic (exact) mass is 392 g/mol. The fraction of sp³-hybridized carbons (Fsp3) is 0.100. The lowest BCUT2D eigenvalue weighted by molar-refractivity contribution is -0.121. The van der Waals surface area contributed by atoms with Crippen molar-refractivity contribution in [2.45, 2.75) is 6.61 Å². The summed E-state index contributed by atoms with van der Waals surface area (Å²) in [5.41, 5.74) is 1.55. The highest BCUT2D eigenvalue weighted by Gasteiger charge is 2.07. The van der Waals surface area contributed by atoms with E-state index in [1.54, 1.807) is 48.0 Å². The molecule has 0 aliphatic heterocycles. The minimum atomic E-state index is -0.252. The number of benzene rings is 2. The molecular weight excluding hydrogens is 376 g/mol. The van der Waals surface area contributed by atoms with Crippen LogP contribution >= 0.6 is 11.3 Å². The molecule has 0 fully saturated rings. The third-order valence-corrected chi connectivity index (χ3v) is 4.69. The molecule has 2 aromatic heterocycles. The molecule has 0 saturated carbocycles. The number of carbonyl (C=O) groups is 1. The van der Waals surface area contributed by atoms with Crippen LogP contribution in [0.4, 0.5) is 5.69 Å². The first kappa shape index (κ1) is 18.0. The van der Waals surface area contributed by atoms with Crippen molar-refractivity contribution in [1.82, 2.24) is 15.0 Å². The van der Waals surface area contributed by atoms with Crippen molar-refractivity contribution in [3.8, 4) is 11.6 Å². The van der Waals surface area contributed by atoms with E-state index < -0.39 is 0 Å². The zero-order valence-corrected chi connectivity index (χ0v) is 15.6. The second kappa shape index (κ2) is 8.55. The molecule has 0 spiro atoms. The van der Waals surface area contributed by atoms with Crippen LogP contribution in [0.2, 0.25) is 0 Å². The summed E-state index contributed by atoms with van der Waals surface area (Å²) in [7, 11) is 0. The molecule has 1 N–H and O–H groups in total. The van der Waals surface area contributed by atoms with E-state index in [9.17, 15) is 4.79 Å². The highest BCUT2D eigenvalue weighted by atomic mass is 32.1. The number of nitrogens with one attached hydrogen (secondary N) is 1. The molecule has 7 nitrogen and oxygen atoms in total. The topological polar surface area (TPSA) is 86.2 Å². The molecule has 0 aliphatic carbocycles. The summed E-state index contributed by atoms with van der Waals surface area (Å²) in [4.78, 5) is 24.6. The van der Waals surface area contributed by atoms with E-state index >= 15 is 0 Å². The summed E-state index contributed by atoms with van der Waals surface area (Å²) in [5, 5.41) is 3.63. The van der Waals surface area contributed by atoms with E-state index in [1.807, 2.05) is 24.3 Å². The molecule has 0 saturated heterocycles. The van der Waals surface area contributed by atoms with Crippen LogP contribution in [0.5, 0.6) is 11.6 Å². The molecule has 0 bridgehead atoms. The first-order valence-corrected chi connectivity index (χ1v) is 9.34. The fourth-order valence-corrected chi connectivity index (χ4v) is 3.41. The smallest absolute Gasteiger partial charge is 0.250 e. The average molecular weight is 392 g/mol. The number of hydrogen-bond donors (Lipinski definition) is 1. The van der Waals surface area contributed by atoms with Crippen molar-refractivity contribution in [1.29, 1.82) is 0 Å². The summed E-state index contributed by atoms with van der Waals surface area (Å²) >= 11 is 1.56. The lowest BCUT2D eigenvalue weighted by Crippen LogP contribution is -2.18. The Balaban J connectivity index is 1.29. The number of nitrogens with zero attached hydrogens (tertiary/aromatic N) is 3. The Labute approximate surface area is 165 Å². The molecule has 8 heteroatoms. The largest absolute Gasteiger partial charge is 0.437 e. The molecule has 2 heterocycles. The summed E-state index contributed by atoms with van der Waals surface area (Å²) in [6.07, 6.45) is 4.63. The van der Waals surface area contributed by atoms with Crippen molar-refractivity contribution < 1.29 is 14.3 Å². The van der Waals surface area contributed by atoms with Gasteiger partial charge >= 0.3 is 0 Å². The quantitative estimate of drug-likeness (QED) is 0.511. The van der Waals surface area contributed by atoms with Gasteiger partial charge in [-0.3, -0.25) is 9.78 Å². The fourth-order valence-electron chi connectivity index (χ4n) is 2.51. The molecule has 140 valence electrons. The second-order valence-corrected chi connectivity index (χ2v) is 6.91. The standard InChI is InChI=1S/C20H16N4O3S/c25-18(12-26-13-20-24-16-6-1-2-7-17(16)28-20)23-14-4-3-5-15(10-14)27-19-11-21-8-9-22-19/h1-11H,12-13H2,(H,23,25). The molecule has 4 aromatic rings. The van der Waals surface area contributed by atoms with Gasteiger partial charge in [-0.2, -0.15) is 0 Å². The first-order valence-electron chi connectivity index (χ1n) is 8.52. The summed E-state index contributed by atoms with van der Waals surface area (Å²) in [6.45, 7) is 0.230. The maximum atomic E-state index is 12.1. The van der Waals surface area contributed by atoms with Crippen LogP contribution in [0.1, 0.15) is 5.01 Å². The Kier molecular flexibility index (Phi) is 5.51. The zero-order valence-electron chi connectivity index (χ0n) is 14.7. The summed E-state index contributed by atoms with van der Waals surface area (Å²) in [5.74, 6) is 0.677. The van der Waals surface area contributed by atoms with Crippen LogP contribution in [-0.2, 0) is 16.1 Å². The molecule has 2 aromatic carbocycles. The maximum absolute atomic E-state index is 12.1. The van der Waals surface area contributed by atoms with Crippen LogP contribution < -0.4 is 10.1 Å². The van der Waals surface area contributed by atoms with E-state index in [1.165, 1.54) is 6.20 Å². The highest BCUT2D eigenvalue weighted by molar-refractivity contribution is 7.18. The Morgan fingerprint density at radius 3 is 2.89 bits per heavy atom. The van der Waals surface area contributed by atoms with Crippen molar-refractivity contribution in [3.63, 3.8) is 0 Å². The van der Waals surface area contributed by atoms with Crippen LogP contribution in [0.15, 0.2) is 67.1 Å². The van der Waals surface area contributed by atoms with Crippen molar-refractivity contribution >= 4 is 33.1 Å². The predicted octanol–water partition coefficient (Wildman–Crippen LogP) is 4.03. The molecule has 0 radical (unpaired) electrons. The van der Waals surface area contributed by atoms with Gasteiger partial charge in [0.25, 0.3) is 0 Å². The Morgan fingerprint density at radius 2 is 2.04 bits per heavy atom. The lowest BCUT2D eigenvalue weighted by atomic mass is 10.3. The normalized spacial score (nSPS) is 10.7. The van der Waals surface area contributed by atoms with Gasteiger partial charge in [0.2, 0.25) is 11.8 Å². The van der Waals surface area contributed by atoms with Gasteiger partial charge in [-0.15, -0.1) is 11.3 Å². The van der Waals surface area contributed by atoms with E-state index in [0.29, 0.717) is 23.9 Å². The van der Waals surface area contributed by atoms with Gasteiger partial charge in [0, 0.05) is 24.1 Å². The van der Waals surface area contributed by atoms with Gasteiger partial charge in [0.1, 0.15) is 17.4 Å². The predicted molar refractivity (Wildman–Crippen MR) is 106 cm³/mol. The van der Waals surface area contributed by atoms with Gasteiger partial charge in [-0.05, 0) is 24.3 Å². The molecule has 0 atom stereocenters. The number of anilines is 1. The van der Waals surface area contributed by atoms with Crippen molar-refractivity contribution in [2.75, 3.05) is 11.9 Å². The Bertz CT molecular complexity index is 1050. The molecule has 0 unspecified atom stereocenters. The minimum Gasteiger partial charge on any atom is -0.437 e. The van der Waals surface area contributed by atoms with Gasteiger partial charge in [0.15, 0.2) is 0 Å². The zero-order chi connectivity index (χ0) is 19.2. The van der Waals surface area contributed by atoms with Crippen LogP contribution in [0, 0.1) is 0 Å². The lowest BCUT2D eigenvalue weighted by Gasteiger charge is -2.08. The molecule has 28 heavy (non-hydrogen) atoms. The van der Waals surface area contributed by atoms with E-state index in [-0.39, 0.29) is 12.5 Å². The number of hydrogen-bond acceptors (Lipinski definition) is 7. The van der Waals surface area contributed by atoms with Crippen molar-refractivity contribution in [2.24, 2.45) is 0 Å². The third-order valence-electron chi connectivity index (χ3n) is 3.68. The maximum Gasteiger partial charge on any atom is 0.250 e. The number of amides is 1. The van der Waals surface area contributed by atoms with Gasteiger partial charge in [-0.1, -0.05) is 18.2 Å². The Morgan fingerprint density at radius 1 is 1.11 bits per heavy atom. The number of rotatable bonds is 7. The average Bonchev–Trinajstić information content (AvgIpc) is 3.12. The van der Waals surface area contributed by atoms with Gasteiger partial charge in [0.05, 0.1) is 23.0 Å². The number of carbonyl (C=O) groups excluding carboxylic acids is 1. The Hall–Kier alpha value is -3.36. The van der Waals surface area contributed by atoms with Crippen LogP contribution in [-0.4, -0.2) is 27.5 Å². The molecule has 4 rings (SSSR count). The summed E-state index contributed by atoms with van der Waals surface area (Å²) in [6, 6.07) is 14.9. The minimum absolute atomic E-state index is 0.0643. The van der Waals surface area contributed by atoms with E-state index in [4.69, 9.17) is 9.47 Å². The second-order valence-electron chi connectivity index (χ2n) is 5.79. The highest BCUT2D eigenvalue weighted by Crippen LogP contribution is 2.23. The molecule has 0 aliphatic rings. The molecular formula is C20H16N4O3S. The number of thiazole rings is 1. The molecule has 1 amide bonds. The van der Waals surface area contributed by atoms with Gasteiger partial charge < -0.3 is 14.8 Å². The number of fused-ring (bicyclic) bond motifs is 1. The van der Waals surface area contributed by atoms with E-state index in [0.717, 1.165) is 15.2 Å². The number of ether oxygens (including phenoxy) is 2. The summed E-state index contributed by atoms with van der Waals surface area (Å²) < 4.78 is 12.2.